The lowest BCUT2D eigenvalue weighted by Gasteiger charge is -2.08. The lowest BCUT2D eigenvalue weighted by molar-refractivity contribution is -0.124. The molecule has 0 aromatic carbocycles. The molecule has 72 valence electrons. The van der Waals surface area contributed by atoms with Gasteiger partial charge in [0.2, 0.25) is 0 Å². The predicted octanol–water partition coefficient (Wildman–Crippen LogP) is -0.0106. The SMILES string of the molecule is CCC(=O)COCC(O)COC. The van der Waals surface area contributed by atoms with Crippen molar-refractivity contribution in [2.24, 2.45) is 0 Å². The van der Waals surface area contributed by atoms with E-state index in [2.05, 4.69) is 4.74 Å². The fraction of sp³-hybridized carbons (Fsp3) is 0.875. The van der Waals surface area contributed by atoms with Crippen LogP contribution in [0.15, 0.2) is 0 Å². The molecule has 0 aliphatic heterocycles. The smallest absolute Gasteiger partial charge is 0.158 e. The number of methoxy groups -OCH3 is 1. The van der Waals surface area contributed by atoms with Gasteiger partial charge in [0.15, 0.2) is 5.78 Å². The highest BCUT2D eigenvalue weighted by atomic mass is 16.5. The standard InChI is InChI=1S/C8H16O4/c1-3-7(9)5-12-6-8(10)4-11-2/h8,10H,3-6H2,1-2H3. The summed E-state index contributed by atoms with van der Waals surface area (Å²) in [6, 6.07) is 0. The first kappa shape index (κ1) is 11.6. The van der Waals surface area contributed by atoms with Crippen LogP contribution in [0.5, 0.6) is 0 Å². The maximum Gasteiger partial charge on any atom is 0.158 e. The highest BCUT2D eigenvalue weighted by molar-refractivity contribution is 5.79. The van der Waals surface area contributed by atoms with Crippen LogP contribution in [0, 0.1) is 0 Å². The molecule has 0 aliphatic rings. The summed E-state index contributed by atoms with van der Waals surface area (Å²) >= 11 is 0. The first-order chi connectivity index (χ1) is 5.70. The molecule has 0 aromatic rings. The molecule has 0 spiro atoms. The molecular formula is C8H16O4. The average Bonchev–Trinajstić information content (AvgIpc) is 2.04. The van der Waals surface area contributed by atoms with Crippen LogP contribution in [0.2, 0.25) is 0 Å². The zero-order valence-corrected chi connectivity index (χ0v) is 7.58. The number of ether oxygens (including phenoxy) is 2. The van der Waals surface area contributed by atoms with Crippen LogP contribution in [0.3, 0.4) is 0 Å². The molecule has 4 heteroatoms. The maximum absolute atomic E-state index is 10.7. The minimum absolute atomic E-state index is 0.0413. The Balaban J connectivity index is 3.24. The number of hydrogen-bond donors (Lipinski definition) is 1. The van der Waals surface area contributed by atoms with E-state index >= 15 is 0 Å². The summed E-state index contributed by atoms with van der Waals surface area (Å²) in [6.07, 6.45) is -0.167. The number of ketones is 1. The van der Waals surface area contributed by atoms with E-state index < -0.39 is 6.10 Å². The fourth-order valence-electron chi connectivity index (χ4n) is 0.651. The van der Waals surface area contributed by atoms with Crippen LogP contribution in [-0.2, 0) is 14.3 Å². The molecular weight excluding hydrogens is 160 g/mol. The summed E-state index contributed by atoms with van der Waals surface area (Å²) in [6.45, 7) is 2.24. The third-order valence-corrected chi connectivity index (χ3v) is 1.33. The van der Waals surface area contributed by atoms with Gasteiger partial charge >= 0.3 is 0 Å². The molecule has 0 aromatic heterocycles. The van der Waals surface area contributed by atoms with Gasteiger partial charge in [0.05, 0.1) is 13.2 Å². The molecule has 0 heterocycles. The third kappa shape index (κ3) is 6.27. The molecule has 0 radical (unpaired) electrons. The van der Waals surface area contributed by atoms with Crippen molar-refractivity contribution < 1.29 is 19.4 Å². The summed E-state index contributed by atoms with van der Waals surface area (Å²) in [5.41, 5.74) is 0. The quantitative estimate of drug-likeness (QED) is 0.592. The lowest BCUT2D eigenvalue weighted by atomic mass is 10.3. The third-order valence-electron chi connectivity index (χ3n) is 1.33. The maximum atomic E-state index is 10.7. The van der Waals surface area contributed by atoms with Gasteiger partial charge in [0.25, 0.3) is 0 Å². The van der Waals surface area contributed by atoms with E-state index in [0.717, 1.165) is 0 Å². The lowest BCUT2D eigenvalue weighted by Crippen LogP contribution is -2.22. The number of aliphatic hydroxyl groups excluding tert-OH is 1. The molecule has 1 unspecified atom stereocenters. The molecule has 0 fully saturated rings. The summed E-state index contributed by atoms with van der Waals surface area (Å²) in [7, 11) is 1.50. The molecule has 0 amide bonds. The zero-order valence-electron chi connectivity index (χ0n) is 7.58. The summed E-state index contributed by atoms with van der Waals surface area (Å²) in [4.78, 5) is 10.7. The molecule has 0 saturated carbocycles. The van der Waals surface area contributed by atoms with E-state index in [1.807, 2.05) is 0 Å². The number of rotatable bonds is 7. The number of carbonyl (C=O) groups excluding carboxylic acids is 1. The second-order valence-corrected chi connectivity index (χ2v) is 2.52. The van der Waals surface area contributed by atoms with E-state index in [1.165, 1.54) is 7.11 Å². The monoisotopic (exact) mass is 176 g/mol. The van der Waals surface area contributed by atoms with Crippen LogP contribution >= 0.6 is 0 Å². The van der Waals surface area contributed by atoms with Crippen molar-refractivity contribution in [1.82, 2.24) is 0 Å². The van der Waals surface area contributed by atoms with Crippen LogP contribution < -0.4 is 0 Å². The van der Waals surface area contributed by atoms with Gasteiger partial charge in [0.1, 0.15) is 12.7 Å². The number of carbonyl (C=O) groups is 1. The molecule has 1 N–H and O–H groups in total. The van der Waals surface area contributed by atoms with Crippen molar-refractivity contribution in [3.8, 4) is 0 Å². The highest BCUT2D eigenvalue weighted by Gasteiger charge is 2.04. The summed E-state index contributed by atoms with van der Waals surface area (Å²) in [5.74, 6) is 0.0413. The Hall–Kier alpha value is -0.450. The minimum atomic E-state index is -0.639. The van der Waals surface area contributed by atoms with Crippen LogP contribution in [0.1, 0.15) is 13.3 Å². The molecule has 12 heavy (non-hydrogen) atoms. The second kappa shape index (κ2) is 7.21. The Labute approximate surface area is 72.5 Å². The summed E-state index contributed by atoms with van der Waals surface area (Å²) in [5, 5.41) is 9.07. The first-order valence-electron chi connectivity index (χ1n) is 3.97. The second-order valence-electron chi connectivity index (χ2n) is 2.52. The van der Waals surface area contributed by atoms with Gasteiger partial charge in [0, 0.05) is 13.5 Å². The van der Waals surface area contributed by atoms with Crippen molar-refractivity contribution in [2.75, 3.05) is 26.9 Å². The van der Waals surface area contributed by atoms with Gasteiger partial charge in [-0.25, -0.2) is 0 Å². The zero-order chi connectivity index (χ0) is 9.40. The van der Waals surface area contributed by atoms with Gasteiger partial charge in [-0.05, 0) is 0 Å². The van der Waals surface area contributed by atoms with Crippen molar-refractivity contribution in [3.05, 3.63) is 0 Å². The average molecular weight is 176 g/mol. The van der Waals surface area contributed by atoms with Gasteiger partial charge in [-0.3, -0.25) is 4.79 Å². The fourth-order valence-corrected chi connectivity index (χ4v) is 0.651. The van der Waals surface area contributed by atoms with Crippen LogP contribution in [0.25, 0.3) is 0 Å². The van der Waals surface area contributed by atoms with E-state index in [4.69, 9.17) is 9.84 Å². The largest absolute Gasteiger partial charge is 0.388 e. The van der Waals surface area contributed by atoms with Crippen LogP contribution in [-0.4, -0.2) is 43.9 Å². The Kier molecular flexibility index (Phi) is 6.94. The van der Waals surface area contributed by atoms with Gasteiger partial charge < -0.3 is 14.6 Å². The van der Waals surface area contributed by atoms with E-state index in [-0.39, 0.29) is 25.6 Å². The van der Waals surface area contributed by atoms with Gasteiger partial charge in [-0.2, -0.15) is 0 Å². The van der Waals surface area contributed by atoms with Gasteiger partial charge in [-0.1, -0.05) is 6.92 Å². The van der Waals surface area contributed by atoms with Gasteiger partial charge in [-0.15, -0.1) is 0 Å². The summed E-state index contributed by atoms with van der Waals surface area (Å²) < 4.78 is 9.59. The van der Waals surface area contributed by atoms with E-state index in [1.54, 1.807) is 6.92 Å². The van der Waals surface area contributed by atoms with Crippen molar-refractivity contribution in [3.63, 3.8) is 0 Å². The molecule has 4 nitrogen and oxygen atoms in total. The molecule has 0 aliphatic carbocycles. The number of aliphatic hydroxyl groups is 1. The van der Waals surface area contributed by atoms with Crippen molar-refractivity contribution in [1.29, 1.82) is 0 Å². The minimum Gasteiger partial charge on any atom is -0.388 e. The molecule has 0 saturated heterocycles. The normalized spacial score (nSPS) is 12.9. The Morgan fingerprint density at radius 2 is 2.17 bits per heavy atom. The van der Waals surface area contributed by atoms with Crippen molar-refractivity contribution in [2.45, 2.75) is 19.4 Å². The Morgan fingerprint density at radius 1 is 1.50 bits per heavy atom. The molecule has 0 bridgehead atoms. The molecule has 1 atom stereocenters. The Morgan fingerprint density at radius 3 is 2.67 bits per heavy atom. The van der Waals surface area contributed by atoms with E-state index in [0.29, 0.717) is 6.42 Å². The van der Waals surface area contributed by atoms with E-state index in [9.17, 15) is 4.79 Å². The topological polar surface area (TPSA) is 55.8 Å². The first-order valence-corrected chi connectivity index (χ1v) is 3.97. The predicted molar refractivity (Wildman–Crippen MR) is 44.0 cm³/mol. The van der Waals surface area contributed by atoms with Crippen molar-refractivity contribution >= 4 is 5.78 Å². The number of Topliss-reactive ketones (excluding diaryl/α,β-unsaturated/α-hetero) is 1. The number of hydrogen-bond acceptors (Lipinski definition) is 4. The Bertz CT molecular complexity index is 124. The van der Waals surface area contributed by atoms with Crippen LogP contribution in [0.4, 0.5) is 0 Å². The highest BCUT2D eigenvalue weighted by Crippen LogP contribution is 1.88. The molecule has 0 rings (SSSR count).